The normalized spacial score (nSPS) is 14.6. The number of guanidine groups is 1. The van der Waals surface area contributed by atoms with Gasteiger partial charge in [-0.05, 0) is 41.7 Å². The van der Waals surface area contributed by atoms with Crippen LogP contribution in [0.15, 0.2) is 53.5 Å². The summed E-state index contributed by atoms with van der Waals surface area (Å²) in [6.07, 6.45) is 1.29. The highest BCUT2D eigenvalue weighted by Gasteiger charge is 2.15. The second-order valence-electron chi connectivity index (χ2n) is 6.91. The predicted octanol–water partition coefficient (Wildman–Crippen LogP) is 2.92. The lowest BCUT2D eigenvalue weighted by Gasteiger charge is -2.18. The van der Waals surface area contributed by atoms with Crippen LogP contribution in [0.2, 0.25) is 0 Å². The van der Waals surface area contributed by atoms with Crippen molar-refractivity contribution in [3.63, 3.8) is 0 Å². The van der Waals surface area contributed by atoms with Crippen LogP contribution in [-0.4, -0.2) is 38.6 Å². The minimum Gasteiger partial charge on any atom is -0.492 e. The van der Waals surface area contributed by atoms with E-state index >= 15 is 0 Å². The van der Waals surface area contributed by atoms with Gasteiger partial charge in [0.25, 0.3) is 0 Å². The minimum absolute atomic E-state index is 0.0748. The molecule has 2 aromatic carbocycles. The van der Waals surface area contributed by atoms with E-state index in [9.17, 15) is 4.79 Å². The van der Waals surface area contributed by atoms with Crippen molar-refractivity contribution in [2.75, 3.05) is 32.1 Å². The Kier molecular flexibility index (Phi) is 6.89. The Bertz CT molecular complexity index is 821. The number of hydrogen-bond donors (Lipinski definition) is 3. The number of fused-ring (bicyclic) bond motifs is 1. The number of rotatable bonds is 7. The van der Waals surface area contributed by atoms with Gasteiger partial charge in [-0.15, -0.1) is 0 Å². The maximum Gasteiger partial charge on any atom is 0.224 e. The average molecular weight is 380 g/mol. The lowest BCUT2D eigenvalue weighted by atomic mass is 10.0. The molecular weight excluding hydrogens is 352 g/mol. The van der Waals surface area contributed by atoms with Crippen molar-refractivity contribution < 1.29 is 9.53 Å². The molecule has 0 fully saturated rings. The van der Waals surface area contributed by atoms with E-state index in [0.717, 1.165) is 35.9 Å². The number of hydrogen-bond acceptors (Lipinski definition) is 3. The summed E-state index contributed by atoms with van der Waals surface area (Å²) < 4.78 is 5.83. The third-order valence-corrected chi connectivity index (χ3v) is 4.80. The first-order chi connectivity index (χ1) is 13.7. The SMILES string of the molecule is CN=C(NCCOc1ccc2c(c1)CCC(=O)N2)NCC(C)c1ccccc1. The molecule has 0 spiro atoms. The lowest BCUT2D eigenvalue weighted by molar-refractivity contribution is -0.116. The molecule has 3 N–H and O–H groups in total. The molecule has 0 saturated heterocycles. The Morgan fingerprint density at radius 1 is 1.18 bits per heavy atom. The summed E-state index contributed by atoms with van der Waals surface area (Å²) in [6, 6.07) is 16.2. The fourth-order valence-corrected chi connectivity index (χ4v) is 3.16. The first kappa shape index (κ1) is 19.7. The van der Waals surface area contributed by atoms with E-state index in [2.05, 4.69) is 52.1 Å². The monoisotopic (exact) mass is 380 g/mol. The standard InChI is InChI=1S/C22H28N4O2/c1-16(17-6-4-3-5-7-17)15-25-22(23-2)24-12-13-28-19-9-10-20-18(14-19)8-11-21(27)26-20/h3-7,9-10,14,16H,8,11-13,15H2,1-2H3,(H,26,27)(H2,23,24,25). The highest BCUT2D eigenvalue weighted by molar-refractivity contribution is 5.94. The van der Waals surface area contributed by atoms with E-state index in [0.29, 0.717) is 25.5 Å². The van der Waals surface area contributed by atoms with Crippen LogP contribution in [0, 0.1) is 0 Å². The number of amides is 1. The summed E-state index contributed by atoms with van der Waals surface area (Å²) in [5, 5.41) is 9.51. The second-order valence-corrected chi connectivity index (χ2v) is 6.91. The van der Waals surface area contributed by atoms with Crippen molar-refractivity contribution >= 4 is 17.6 Å². The summed E-state index contributed by atoms with van der Waals surface area (Å²) in [6.45, 7) is 4.17. The van der Waals surface area contributed by atoms with Crippen LogP contribution in [0.25, 0.3) is 0 Å². The van der Waals surface area contributed by atoms with Gasteiger partial charge in [0, 0.05) is 25.7 Å². The summed E-state index contributed by atoms with van der Waals surface area (Å²) in [5.74, 6) is 2.05. The topological polar surface area (TPSA) is 74.8 Å². The molecule has 0 bridgehead atoms. The molecule has 6 nitrogen and oxygen atoms in total. The predicted molar refractivity (Wildman–Crippen MR) is 113 cm³/mol. The van der Waals surface area contributed by atoms with E-state index in [1.807, 2.05) is 24.3 Å². The summed E-state index contributed by atoms with van der Waals surface area (Å²) in [5.41, 5.74) is 3.31. The number of ether oxygens (including phenoxy) is 1. The number of anilines is 1. The van der Waals surface area contributed by atoms with Gasteiger partial charge in [-0.25, -0.2) is 0 Å². The largest absolute Gasteiger partial charge is 0.492 e. The molecule has 0 aliphatic carbocycles. The molecule has 3 rings (SSSR count). The van der Waals surface area contributed by atoms with Crippen LogP contribution in [0.5, 0.6) is 5.75 Å². The van der Waals surface area contributed by atoms with Crippen molar-refractivity contribution in [2.45, 2.75) is 25.7 Å². The molecule has 148 valence electrons. The number of benzene rings is 2. The average Bonchev–Trinajstić information content (AvgIpc) is 2.73. The van der Waals surface area contributed by atoms with Crippen LogP contribution in [0.1, 0.15) is 30.4 Å². The molecule has 1 atom stereocenters. The molecule has 28 heavy (non-hydrogen) atoms. The smallest absolute Gasteiger partial charge is 0.224 e. The molecule has 0 saturated carbocycles. The van der Waals surface area contributed by atoms with Gasteiger partial charge in [0.15, 0.2) is 5.96 Å². The van der Waals surface area contributed by atoms with Gasteiger partial charge in [0.2, 0.25) is 5.91 Å². The first-order valence-corrected chi connectivity index (χ1v) is 9.70. The Hall–Kier alpha value is -3.02. The molecule has 0 aromatic heterocycles. The second kappa shape index (κ2) is 9.78. The van der Waals surface area contributed by atoms with Crippen molar-refractivity contribution in [2.24, 2.45) is 4.99 Å². The summed E-state index contributed by atoms with van der Waals surface area (Å²) in [7, 11) is 1.77. The Morgan fingerprint density at radius 3 is 2.79 bits per heavy atom. The first-order valence-electron chi connectivity index (χ1n) is 9.70. The third-order valence-electron chi connectivity index (χ3n) is 4.80. The van der Waals surface area contributed by atoms with Gasteiger partial charge in [0.1, 0.15) is 12.4 Å². The van der Waals surface area contributed by atoms with Crippen molar-refractivity contribution in [3.05, 3.63) is 59.7 Å². The van der Waals surface area contributed by atoms with Crippen LogP contribution in [0.3, 0.4) is 0 Å². The molecule has 0 radical (unpaired) electrons. The van der Waals surface area contributed by atoms with Crippen LogP contribution in [-0.2, 0) is 11.2 Å². The van der Waals surface area contributed by atoms with Gasteiger partial charge >= 0.3 is 0 Å². The maximum absolute atomic E-state index is 11.4. The maximum atomic E-state index is 11.4. The van der Waals surface area contributed by atoms with E-state index in [1.165, 1.54) is 5.56 Å². The number of carbonyl (C=O) groups is 1. The van der Waals surface area contributed by atoms with E-state index in [1.54, 1.807) is 7.05 Å². The summed E-state index contributed by atoms with van der Waals surface area (Å²) in [4.78, 5) is 15.7. The van der Waals surface area contributed by atoms with Crippen LogP contribution < -0.4 is 20.7 Å². The third kappa shape index (κ3) is 5.49. The van der Waals surface area contributed by atoms with Gasteiger partial charge in [-0.1, -0.05) is 37.3 Å². The molecule has 6 heteroatoms. The fourth-order valence-electron chi connectivity index (χ4n) is 3.16. The number of nitrogens with one attached hydrogen (secondary N) is 3. The quantitative estimate of drug-likeness (QED) is 0.392. The van der Waals surface area contributed by atoms with E-state index < -0.39 is 0 Å². The van der Waals surface area contributed by atoms with E-state index in [-0.39, 0.29) is 5.91 Å². The van der Waals surface area contributed by atoms with Gasteiger partial charge in [-0.2, -0.15) is 0 Å². The van der Waals surface area contributed by atoms with Crippen LogP contribution in [0.4, 0.5) is 5.69 Å². The number of aryl methyl sites for hydroxylation is 1. The zero-order chi connectivity index (χ0) is 19.8. The molecule has 1 heterocycles. The highest BCUT2D eigenvalue weighted by atomic mass is 16.5. The zero-order valence-corrected chi connectivity index (χ0v) is 16.5. The number of nitrogens with zero attached hydrogens (tertiary/aromatic N) is 1. The Labute approximate surface area is 166 Å². The highest BCUT2D eigenvalue weighted by Crippen LogP contribution is 2.26. The molecule has 1 unspecified atom stereocenters. The molecule has 1 aliphatic rings. The van der Waals surface area contributed by atoms with Crippen molar-refractivity contribution in [1.29, 1.82) is 0 Å². The van der Waals surface area contributed by atoms with Crippen LogP contribution >= 0.6 is 0 Å². The van der Waals surface area contributed by atoms with Crippen molar-refractivity contribution in [3.8, 4) is 5.75 Å². The molecule has 1 amide bonds. The minimum atomic E-state index is 0.0748. The van der Waals surface area contributed by atoms with E-state index in [4.69, 9.17) is 4.74 Å². The van der Waals surface area contributed by atoms with Gasteiger partial charge in [-0.3, -0.25) is 9.79 Å². The van der Waals surface area contributed by atoms with Crippen molar-refractivity contribution in [1.82, 2.24) is 10.6 Å². The zero-order valence-electron chi connectivity index (χ0n) is 16.5. The molecule has 2 aromatic rings. The Morgan fingerprint density at radius 2 is 2.00 bits per heavy atom. The number of aliphatic imine (C=N–C) groups is 1. The van der Waals surface area contributed by atoms with Gasteiger partial charge < -0.3 is 20.7 Å². The summed E-state index contributed by atoms with van der Waals surface area (Å²) >= 11 is 0. The Balaban J connectivity index is 1.39. The fraction of sp³-hybridized carbons (Fsp3) is 0.364. The van der Waals surface area contributed by atoms with Gasteiger partial charge in [0.05, 0.1) is 6.54 Å². The lowest BCUT2D eigenvalue weighted by Crippen LogP contribution is -2.40. The number of carbonyl (C=O) groups excluding carboxylic acids is 1. The molecule has 1 aliphatic heterocycles. The molecular formula is C22H28N4O2.